The summed E-state index contributed by atoms with van der Waals surface area (Å²) in [5, 5.41) is 9.51. The minimum absolute atomic E-state index is 0.0409. The summed E-state index contributed by atoms with van der Waals surface area (Å²) in [6.45, 7) is 8.04. The smallest absolute Gasteiger partial charge is 0.266 e. The highest BCUT2D eigenvalue weighted by Crippen LogP contribution is 2.32. The van der Waals surface area contributed by atoms with Crippen LogP contribution in [0.5, 0.6) is 0 Å². The first-order chi connectivity index (χ1) is 16.7. The third kappa shape index (κ3) is 5.13. The zero-order valence-electron chi connectivity index (χ0n) is 19.7. The molecule has 2 aromatic rings. The zero-order chi connectivity index (χ0) is 23.3. The van der Waals surface area contributed by atoms with Gasteiger partial charge in [-0.2, -0.15) is 10.2 Å². The van der Waals surface area contributed by atoms with Crippen molar-refractivity contribution < 1.29 is 18.4 Å². The van der Waals surface area contributed by atoms with Gasteiger partial charge in [0.2, 0.25) is 17.5 Å². The lowest BCUT2D eigenvalue weighted by molar-refractivity contribution is -0.137. The molecule has 0 unspecified atom stereocenters. The number of anilines is 1. The van der Waals surface area contributed by atoms with Gasteiger partial charge in [-0.05, 0) is 56.7 Å². The summed E-state index contributed by atoms with van der Waals surface area (Å²) >= 11 is 0. The summed E-state index contributed by atoms with van der Waals surface area (Å²) in [7, 11) is 0. The number of carbonyl (C=O) groups is 1. The van der Waals surface area contributed by atoms with Gasteiger partial charge in [-0.25, -0.2) is 0 Å². The molecule has 3 fully saturated rings. The standard InChI is InChI=1S/C25H33N5O4/c26-18-21-25(34-23(27-21)22-2-1-15-33-22)30-11-6-20(7-12-30)24(31)29-9-4-19(5-10-29)3-8-28-13-16-32-17-14-28/h1-2,15,19-20H,3-14,16-17H2. The van der Waals surface area contributed by atoms with Crippen molar-refractivity contribution in [3.8, 4) is 17.7 Å². The second-order valence-electron chi connectivity index (χ2n) is 9.53. The van der Waals surface area contributed by atoms with Gasteiger partial charge in [0.25, 0.3) is 5.89 Å². The molecule has 0 N–H and O–H groups in total. The molecule has 5 heterocycles. The molecular formula is C25H33N5O4. The van der Waals surface area contributed by atoms with Crippen molar-refractivity contribution in [2.45, 2.75) is 32.1 Å². The Bertz CT molecular complexity index is 976. The molecule has 0 radical (unpaired) electrons. The Labute approximate surface area is 200 Å². The van der Waals surface area contributed by atoms with E-state index in [0.29, 0.717) is 42.4 Å². The van der Waals surface area contributed by atoms with Gasteiger partial charge in [-0.3, -0.25) is 9.69 Å². The third-order valence-corrected chi connectivity index (χ3v) is 7.46. The number of oxazole rings is 1. The van der Waals surface area contributed by atoms with E-state index in [1.807, 2.05) is 4.90 Å². The number of hydrogen-bond donors (Lipinski definition) is 0. The number of morpholine rings is 1. The summed E-state index contributed by atoms with van der Waals surface area (Å²) < 4.78 is 16.7. The van der Waals surface area contributed by atoms with Crippen LogP contribution < -0.4 is 4.90 Å². The van der Waals surface area contributed by atoms with Crippen LogP contribution in [0.15, 0.2) is 27.2 Å². The maximum absolute atomic E-state index is 13.2. The number of aromatic nitrogens is 1. The number of furan rings is 1. The zero-order valence-corrected chi connectivity index (χ0v) is 19.7. The molecule has 9 nitrogen and oxygen atoms in total. The molecule has 3 saturated heterocycles. The number of nitrogens with zero attached hydrogens (tertiary/aromatic N) is 5. The van der Waals surface area contributed by atoms with E-state index in [-0.39, 0.29) is 11.6 Å². The predicted octanol–water partition coefficient (Wildman–Crippen LogP) is 2.98. The van der Waals surface area contributed by atoms with Crippen molar-refractivity contribution in [1.82, 2.24) is 14.8 Å². The van der Waals surface area contributed by atoms with Crippen LogP contribution in [-0.2, 0) is 9.53 Å². The van der Waals surface area contributed by atoms with Crippen LogP contribution in [0.4, 0.5) is 5.88 Å². The Morgan fingerprint density at radius 1 is 1.09 bits per heavy atom. The maximum atomic E-state index is 13.2. The van der Waals surface area contributed by atoms with Crippen molar-refractivity contribution in [2.75, 3.05) is 63.9 Å². The van der Waals surface area contributed by atoms with E-state index in [1.165, 1.54) is 6.42 Å². The van der Waals surface area contributed by atoms with Crippen molar-refractivity contribution in [2.24, 2.45) is 11.8 Å². The van der Waals surface area contributed by atoms with E-state index >= 15 is 0 Å². The van der Waals surface area contributed by atoms with E-state index in [0.717, 1.165) is 71.6 Å². The number of amides is 1. The molecule has 0 bridgehead atoms. The number of rotatable bonds is 6. The van der Waals surface area contributed by atoms with Crippen LogP contribution in [-0.4, -0.2) is 79.7 Å². The van der Waals surface area contributed by atoms with Gasteiger partial charge >= 0.3 is 0 Å². The highest BCUT2D eigenvalue weighted by Gasteiger charge is 2.33. The highest BCUT2D eigenvalue weighted by atomic mass is 16.5. The van der Waals surface area contributed by atoms with Crippen LogP contribution >= 0.6 is 0 Å². The van der Waals surface area contributed by atoms with E-state index in [4.69, 9.17) is 13.6 Å². The first-order valence-electron chi connectivity index (χ1n) is 12.5. The van der Waals surface area contributed by atoms with Crippen LogP contribution in [0.25, 0.3) is 11.7 Å². The summed E-state index contributed by atoms with van der Waals surface area (Å²) in [4.78, 5) is 24.1. The summed E-state index contributed by atoms with van der Waals surface area (Å²) in [5.41, 5.74) is 0.260. The molecular weight excluding hydrogens is 434 g/mol. The summed E-state index contributed by atoms with van der Waals surface area (Å²) in [6, 6.07) is 5.64. The molecule has 0 aliphatic carbocycles. The molecule has 2 aromatic heterocycles. The van der Waals surface area contributed by atoms with Gasteiger partial charge in [0.15, 0.2) is 5.76 Å². The van der Waals surface area contributed by atoms with E-state index in [9.17, 15) is 10.1 Å². The van der Waals surface area contributed by atoms with E-state index < -0.39 is 0 Å². The SMILES string of the molecule is N#Cc1nc(-c2ccco2)oc1N1CCC(C(=O)N2CCC(CCN3CCOCC3)CC2)CC1. The molecule has 1 amide bonds. The molecule has 182 valence electrons. The van der Waals surface area contributed by atoms with Crippen molar-refractivity contribution >= 4 is 11.8 Å². The lowest BCUT2D eigenvalue weighted by Gasteiger charge is -2.37. The molecule has 0 aromatic carbocycles. The normalized spacial score (nSPS) is 21.0. The number of piperidine rings is 2. The maximum Gasteiger partial charge on any atom is 0.266 e. The molecule has 34 heavy (non-hydrogen) atoms. The van der Waals surface area contributed by atoms with Gasteiger partial charge in [0.05, 0.1) is 19.5 Å². The Morgan fingerprint density at radius 3 is 2.53 bits per heavy atom. The fourth-order valence-electron chi connectivity index (χ4n) is 5.32. The lowest BCUT2D eigenvalue weighted by atomic mass is 9.90. The number of nitriles is 1. The largest absolute Gasteiger partial charge is 0.459 e. The van der Waals surface area contributed by atoms with Gasteiger partial charge in [-0.15, -0.1) is 0 Å². The fraction of sp³-hybridized carbons (Fsp3) is 0.640. The summed E-state index contributed by atoms with van der Waals surface area (Å²) in [5.74, 6) is 2.33. The average Bonchev–Trinajstić information content (AvgIpc) is 3.58. The van der Waals surface area contributed by atoms with E-state index in [2.05, 4.69) is 20.9 Å². The number of likely N-dealkylation sites (tertiary alicyclic amines) is 1. The van der Waals surface area contributed by atoms with Gasteiger partial charge in [0, 0.05) is 45.2 Å². The topological polar surface area (TPSA) is 99.0 Å². The first kappa shape index (κ1) is 22.9. The Morgan fingerprint density at radius 2 is 1.85 bits per heavy atom. The van der Waals surface area contributed by atoms with Gasteiger partial charge in [-0.1, -0.05) is 0 Å². The molecule has 5 rings (SSSR count). The monoisotopic (exact) mass is 467 g/mol. The average molecular weight is 468 g/mol. The van der Waals surface area contributed by atoms with Crippen LogP contribution in [0.2, 0.25) is 0 Å². The number of ether oxygens (including phenoxy) is 1. The van der Waals surface area contributed by atoms with Crippen LogP contribution in [0.3, 0.4) is 0 Å². The molecule has 0 atom stereocenters. The van der Waals surface area contributed by atoms with Crippen LogP contribution in [0.1, 0.15) is 37.8 Å². The van der Waals surface area contributed by atoms with Crippen molar-refractivity contribution in [3.05, 3.63) is 24.1 Å². The van der Waals surface area contributed by atoms with Crippen LogP contribution in [0, 0.1) is 23.2 Å². The summed E-state index contributed by atoms with van der Waals surface area (Å²) in [6.07, 6.45) is 6.51. The highest BCUT2D eigenvalue weighted by molar-refractivity contribution is 5.79. The Balaban J connectivity index is 1.09. The van der Waals surface area contributed by atoms with Crippen molar-refractivity contribution in [1.29, 1.82) is 5.26 Å². The molecule has 3 aliphatic heterocycles. The second-order valence-corrected chi connectivity index (χ2v) is 9.53. The first-order valence-corrected chi connectivity index (χ1v) is 12.5. The third-order valence-electron chi connectivity index (χ3n) is 7.46. The molecule has 0 spiro atoms. The quantitative estimate of drug-likeness (QED) is 0.639. The fourth-order valence-corrected chi connectivity index (χ4v) is 5.32. The Kier molecular flexibility index (Phi) is 7.16. The predicted molar refractivity (Wildman–Crippen MR) is 125 cm³/mol. The second kappa shape index (κ2) is 10.6. The van der Waals surface area contributed by atoms with E-state index in [1.54, 1.807) is 18.4 Å². The minimum Gasteiger partial charge on any atom is -0.459 e. The molecule has 0 saturated carbocycles. The van der Waals surface area contributed by atoms with Gasteiger partial charge in [0.1, 0.15) is 6.07 Å². The molecule has 3 aliphatic rings. The Hall–Kier alpha value is -2.83. The number of carbonyl (C=O) groups excluding carboxylic acids is 1. The number of hydrogen-bond acceptors (Lipinski definition) is 8. The molecule has 9 heteroatoms. The minimum atomic E-state index is 0.0409. The van der Waals surface area contributed by atoms with Crippen molar-refractivity contribution in [3.63, 3.8) is 0 Å². The lowest BCUT2D eigenvalue weighted by Crippen LogP contribution is -2.46. The van der Waals surface area contributed by atoms with Gasteiger partial charge < -0.3 is 23.4 Å².